The van der Waals surface area contributed by atoms with E-state index in [0.717, 1.165) is 0 Å². The van der Waals surface area contributed by atoms with Gasteiger partial charge in [0.25, 0.3) is 0 Å². The molecule has 0 bridgehead atoms. The largest absolute Gasteiger partial charge is 0.351 e. The molecular weight excluding hydrogens is 142 g/mol. The minimum Gasteiger partial charge on any atom is -0.351 e. The number of pyridine rings is 1. The minimum absolute atomic E-state index is 0.543. The van der Waals surface area contributed by atoms with Gasteiger partial charge in [0.1, 0.15) is 7.05 Å². The maximum absolute atomic E-state index is 10.4. The maximum atomic E-state index is 10.4. The smallest absolute Gasteiger partial charge is 0.316 e. The number of primary amides is 1. The highest BCUT2D eigenvalue weighted by Crippen LogP contribution is 2.00. The number of urea groups is 1. The molecule has 3 N–H and O–H groups in total. The number of carbonyl (C=O) groups is 1. The van der Waals surface area contributed by atoms with Crippen LogP contribution in [-0.4, -0.2) is 6.03 Å². The summed E-state index contributed by atoms with van der Waals surface area (Å²) in [5.74, 6) is 0. The predicted octanol–water partition coefficient (Wildman–Crippen LogP) is 0.00170. The SMILES string of the molecule is C[n+]1ccc(NC(N)=O)cc1. The molecule has 4 heteroatoms. The molecule has 0 atom stereocenters. The molecule has 0 saturated carbocycles. The summed E-state index contributed by atoms with van der Waals surface area (Å²) in [4.78, 5) is 10.4. The van der Waals surface area contributed by atoms with Gasteiger partial charge in [0.05, 0.1) is 5.69 Å². The fourth-order valence-electron chi connectivity index (χ4n) is 0.727. The van der Waals surface area contributed by atoms with E-state index in [1.54, 1.807) is 12.1 Å². The Morgan fingerprint density at radius 3 is 2.55 bits per heavy atom. The summed E-state index contributed by atoms with van der Waals surface area (Å²) in [7, 11) is 1.90. The van der Waals surface area contributed by atoms with Crippen LogP contribution in [0.2, 0.25) is 0 Å². The van der Waals surface area contributed by atoms with Crippen molar-refractivity contribution in [2.45, 2.75) is 0 Å². The number of nitrogens with two attached hydrogens (primary N) is 1. The van der Waals surface area contributed by atoms with Crippen LogP contribution in [0.3, 0.4) is 0 Å². The molecule has 0 radical (unpaired) electrons. The molecule has 1 heterocycles. The topological polar surface area (TPSA) is 59.0 Å². The number of amides is 2. The van der Waals surface area contributed by atoms with Crippen LogP contribution in [0.4, 0.5) is 10.5 Å². The zero-order valence-corrected chi connectivity index (χ0v) is 6.24. The molecule has 0 spiro atoms. The first-order valence-corrected chi connectivity index (χ1v) is 3.20. The molecule has 0 unspecified atom stereocenters. The Balaban J connectivity index is 2.74. The van der Waals surface area contributed by atoms with Gasteiger partial charge in [-0.1, -0.05) is 0 Å². The van der Waals surface area contributed by atoms with E-state index in [1.807, 2.05) is 24.0 Å². The summed E-state index contributed by atoms with van der Waals surface area (Å²) in [5, 5.41) is 2.46. The van der Waals surface area contributed by atoms with Gasteiger partial charge in [0.2, 0.25) is 0 Å². The standard InChI is InChI=1S/C7H9N3O/c1-10-4-2-6(3-5-10)9-7(8)11/h2-5H,1H3,(H2,8,11)/p+1. The number of aryl methyl sites for hydroxylation is 1. The number of rotatable bonds is 1. The lowest BCUT2D eigenvalue weighted by molar-refractivity contribution is -0.671. The summed E-state index contributed by atoms with van der Waals surface area (Å²) < 4.78 is 1.87. The monoisotopic (exact) mass is 152 g/mol. The quantitative estimate of drug-likeness (QED) is 0.547. The van der Waals surface area contributed by atoms with Crippen molar-refractivity contribution in [1.29, 1.82) is 0 Å². The Morgan fingerprint density at radius 2 is 2.09 bits per heavy atom. The van der Waals surface area contributed by atoms with E-state index in [0.29, 0.717) is 5.69 Å². The van der Waals surface area contributed by atoms with Crippen molar-refractivity contribution in [2.24, 2.45) is 12.8 Å². The van der Waals surface area contributed by atoms with Gasteiger partial charge < -0.3 is 11.1 Å². The number of nitrogens with one attached hydrogen (secondary N) is 1. The average molecular weight is 152 g/mol. The average Bonchev–Trinajstić information content (AvgIpc) is 1.93. The number of nitrogens with zero attached hydrogens (tertiary/aromatic N) is 1. The van der Waals surface area contributed by atoms with Crippen LogP contribution in [0, 0.1) is 0 Å². The van der Waals surface area contributed by atoms with E-state index in [2.05, 4.69) is 5.32 Å². The highest BCUT2D eigenvalue weighted by Gasteiger charge is 1.96. The molecule has 4 nitrogen and oxygen atoms in total. The van der Waals surface area contributed by atoms with Crippen molar-refractivity contribution >= 4 is 11.7 Å². The van der Waals surface area contributed by atoms with Crippen LogP contribution in [0.25, 0.3) is 0 Å². The third-order valence-corrected chi connectivity index (χ3v) is 1.25. The van der Waals surface area contributed by atoms with Crippen molar-refractivity contribution in [1.82, 2.24) is 0 Å². The Kier molecular flexibility index (Phi) is 2.06. The van der Waals surface area contributed by atoms with Crippen molar-refractivity contribution in [2.75, 3.05) is 5.32 Å². The third-order valence-electron chi connectivity index (χ3n) is 1.25. The molecule has 2 amide bonds. The van der Waals surface area contributed by atoms with Crippen LogP contribution >= 0.6 is 0 Å². The van der Waals surface area contributed by atoms with Crippen LogP contribution in [-0.2, 0) is 7.05 Å². The van der Waals surface area contributed by atoms with Gasteiger partial charge in [-0.05, 0) is 0 Å². The first-order valence-electron chi connectivity index (χ1n) is 3.20. The van der Waals surface area contributed by atoms with Gasteiger partial charge in [0, 0.05) is 12.1 Å². The van der Waals surface area contributed by atoms with Gasteiger partial charge in [-0.15, -0.1) is 0 Å². The fraction of sp³-hybridized carbons (Fsp3) is 0.143. The van der Waals surface area contributed by atoms with E-state index >= 15 is 0 Å². The van der Waals surface area contributed by atoms with Gasteiger partial charge >= 0.3 is 6.03 Å². The molecule has 0 aliphatic rings. The highest BCUT2D eigenvalue weighted by atomic mass is 16.2. The molecule has 1 rings (SSSR count). The van der Waals surface area contributed by atoms with Crippen molar-refractivity contribution in [3.05, 3.63) is 24.5 Å². The van der Waals surface area contributed by atoms with E-state index in [9.17, 15) is 4.79 Å². The summed E-state index contributed by atoms with van der Waals surface area (Å²) >= 11 is 0. The number of hydrogen-bond acceptors (Lipinski definition) is 1. The van der Waals surface area contributed by atoms with E-state index < -0.39 is 6.03 Å². The van der Waals surface area contributed by atoms with Crippen molar-refractivity contribution < 1.29 is 9.36 Å². The Hall–Kier alpha value is -1.58. The molecule has 0 aliphatic heterocycles. The first-order chi connectivity index (χ1) is 5.18. The number of hydrogen-bond donors (Lipinski definition) is 2. The fourth-order valence-corrected chi connectivity index (χ4v) is 0.727. The number of aromatic nitrogens is 1. The van der Waals surface area contributed by atoms with Gasteiger partial charge in [-0.25, -0.2) is 9.36 Å². The first kappa shape index (κ1) is 7.53. The summed E-state index contributed by atoms with van der Waals surface area (Å²) in [6.45, 7) is 0. The van der Waals surface area contributed by atoms with Crippen molar-refractivity contribution in [3.8, 4) is 0 Å². The Bertz CT molecular complexity index is 255. The van der Waals surface area contributed by atoms with Gasteiger partial charge in [-0.3, -0.25) is 0 Å². The lowest BCUT2D eigenvalue weighted by Crippen LogP contribution is -2.27. The zero-order chi connectivity index (χ0) is 8.27. The summed E-state index contributed by atoms with van der Waals surface area (Å²) in [5.41, 5.74) is 5.61. The highest BCUT2D eigenvalue weighted by molar-refractivity contribution is 5.87. The van der Waals surface area contributed by atoms with E-state index in [4.69, 9.17) is 5.73 Å². The van der Waals surface area contributed by atoms with Gasteiger partial charge in [-0.2, -0.15) is 0 Å². The lowest BCUT2D eigenvalue weighted by Gasteiger charge is -1.97. The van der Waals surface area contributed by atoms with Crippen molar-refractivity contribution in [3.63, 3.8) is 0 Å². The van der Waals surface area contributed by atoms with Gasteiger partial charge in [0.15, 0.2) is 12.4 Å². The van der Waals surface area contributed by atoms with Crippen LogP contribution in [0.1, 0.15) is 0 Å². The maximum Gasteiger partial charge on any atom is 0.316 e. The second-order valence-corrected chi connectivity index (χ2v) is 2.24. The summed E-state index contributed by atoms with van der Waals surface area (Å²) in [6.07, 6.45) is 3.65. The second kappa shape index (κ2) is 3.01. The third kappa shape index (κ3) is 2.25. The van der Waals surface area contributed by atoms with E-state index in [1.165, 1.54) is 0 Å². The molecule has 0 aromatic carbocycles. The molecular formula is C7H10N3O+. The molecule has 58 valence electrons. The van der Waals surface area contributed by atoms with Crippen LogP contribution < -0.4 is 15.6 Å². The lowest BCUT2D eigenvalue weighted by atomic mass is 10.4. The molecule has 1 aromatic rings. The molecule has 1 aromatic heterocycles. The summed E-state index contributed by atoms with van der Waals surface area (Å²) in [6, 6.07) is 2.99. The molecule has 11 heavy (non-hydrogen) atoms. The second-order valence-electron chi connectivity index (χ2n) is 2.24. The Labute approximate surface area is 64.6 Å². The zero-order valence-electron chi connectivity index (χ0n) is 6.24. The van der Waals surface area contributed by atoms with Crippen LogP contribution in [0.5, 0.6) is 0 Å². The normalized spacial score (nSPS) is 9.18. The minimum atomic E-state index is -0.543. The molecule has 0 fully saturated rings. The predicted molar refractivity (Wildman–Crippen MR) is 40.8 cm³/mol. The van der Waals surface area contributed by atoms with Crippen LogP contribution in [0.15, 0.2) is 24.5 Å². The Morgan fingerprint density at radius 1 is 1.55 bits per heavy atom. The van der Waals surface area contributed by atoms with E-state index in [-0.39, 0.29) is 0 Å². The molecule has 0 saturated heterocycles. The number of carbonyl (C=O) groups excluding carboxylic acids is 1. The molecule has 0 aliphatic carbocycles. The number of anilines is 1.